The van der Waals surface area contributed by atoms with Crippen molar-refractivity contribution in [1.29, 1.82) is 0 Å². The lowest BCUT2D eigenvalue weighted by Gasteiger charge is -2.25. The van der Waals surface area contributed by atoms with Gasteiger partial charge in [0.2, 0.25) is 5.91 Å². The van der Waals surface area contributed by atoms with Gasteiger partial charge in [-0.3, -0.25) is 4.79 Å². The van der Waals surface area contributed by atoms with Crippen molar-refractivity contribution in [2.45, 2.75) is 44.2 Å². The fraction of sp³-hybridized carbons (Fsp3) is 0.643. The molecule has 0 radical (unpaired) electrons. The summed E-state index contributed by atoms with van der Waals surface area (Å²) in [6, 6.07) is 3.98. The minimum absolute atomic E-state index is 0.0283. The van der Waals surface area contributed by atoms with Gasteiger partial charge < -0.3 is 14.6 Å². The van der Waals surface area contributed by atoms with Crippen molar-refractivity contribution in [3.05, 3.63) is 24.0 Å². The minimum atomic E-state index is -0.750. The molecule has 0 aromatic carbocycles. The number of hydrogen-bond acceptors (Lipinski definition) is 2. The molecular weight excluding hydrogens is 228 g/mol. The van der Waals surface area contributed by atoms with E-state index in [4.69, 9.17) is 0 Å². The Hall–Kier alpha value is -1.29. The first-order chi connectivity index (χ1) is 8.50. The number of carbonyl (C=O) groups is 1. The number of aromatic nitrogens is 1. The Morgan fingerprint density at radius 1 is 1.50 bits per heavy atom. The first-order valence-electron chi connectivity index (χ1n) is 6.57. The van der Waals surface area contributed by atoms with E-state index in [2.05, 4.69) is 0 Å². The van der Waals surface area contributed by atoms with E-state index in [-0.39, 0.29) is 12.3 Å². The molecule has 4 nitrogen and oxygen atoms in total. The van der Waals surface area contributed by atoms with E-state index in [1.807, 2.05) is 29.9 Å². The number of carbonyl (C=O) groups excluding carboxylic acids is 1. The molecule has 1 heterocycles. The van der Waals surface area contributed by atoms with Crippen LogP contribution in [0, 0.1) is 0 Å². The van der Waals surface area contributed by atoms with Gasteiger partial charge in [-0.15, -0.1) is 0 Å². The zero-order valence-electron chi connectivity index (χ0n) is 11.2. The number of aliphatic hydroxyl groups is 1. The Kier molecular flexibility index (Phi) is 3.76. The second kappa shape index (κ2) is 5.14. The van der Waals surface area contributed by atoms with Crippen molar-refractivity contribution in [2.75, 3.05) is 7.05 Å². The van der Waals surface area contributed by atoms with Crippen molar-refractivity contribution in [3.8, 4) is 0 Å². The highest BCUT2D eigenvalue weighted by atomic mass is 16.3. The van der Waals surface area contributed by atoms with E-state index in [1.165, 1.54) is 0 Å². The lowest BCUT2D eigenvalue weighted by Crippen LogP contribution is -2.35. The SMILES string of the molecule is CN(Cc1cccn1C)C(=O)CC1(O)CCCC1. The number of nitrogens with zero attached hydrogens (tertiary/aromatic N) is 2. The molecule has 0 atom stereocenters. The normalized spacial score (nSPS) is 17.9. The van der Waals surface area contributed by atoms with Crippen LogP contribution in [0.4, 0.5) is 0 Å². The van der Waals surface area contributed by atoms with Crippen molar-refractivity contribution in [1.82, 2.24) is 9.47 Å². The summed E-state index contributed by atoms with van der Waals surface area (Å²) in [7, 11) is 3.77. The van der Waals surface area contributed by atoms with Crippen LogP contribution in [-0.2, 0) is 18.4 Å². The topological polar surface area (TPSA) is 45.5 Å². The Bertz CT molecular complexity index is 419. The van der Waals surface area contributed by atoms with Gasteiger partial charge in [-0.25, -0.2) is 0 Å². The Morgan fingerprint density at radius 2 is 2.17 bits per heavy atom. The molecule has 18 heavy (non-hydrogen) atoms. The molecule has 1 aliphatic rings. The van der Waals surface area contributed by atoms with Gasteiger partial charge in [0.1, 0.15) is 0 Å². The van der Waals surface area contributed by atoms with E-state index >= 15 is 0 Å². The fourth-order valence-electron chi connectivity index (χ4n) is 2.62. The summed E-state index contributed by atoms with van der Waals surface area (Å²) >= 11 is 0. The molecule has 4 heteroatoms. The van der Waals surface area contributed by atoms with Crippen LogP contribution in [0.25, 0.3) is 0 Å². The van der Waals surface area contributed by atoms with E-state index in [0.29, 0.717) is 6.54 Å². The van der Waals surface area contributed by atoms with Crippen molar-refractivity contribution in [2.24, 2.45) is 7.05 Å². The number of rotatable bonds is 4. The number of amides is 1. The standard InChI is InChI=1S/C14H22N2O2/c1-15-9-5-6-12(15)11-16(2)13(17)10-14(18)7-3-4-8-14/h5-6,9,18H,3-4,7-8,10-11H2,1-2H3. The third kappa shape index (κ3) is 2.93. The molecule has 0 aliphatic heterocycles. The summed E-state index contributed by atoms with van der Waals surface area (Å²) < 4.78 is 2.01. The minimum Gasteiger partial charge on any atom is -0.389 e. The highest BCUT2D eigenvalue weighted by Crippen LogP contribution is 2.32. The van der Waals surface area contributed by atoms with Crippen LogP contribution in [-0.4, -0.2) is 33.1 Å². The molecule has 1 aliphatic carbocycles. The fourth-order valence-corrected chi connectivity index (χ4v) is 2.62. The molecule has 0 unspecified atom stereocenters. The zero-order chi connectivity index (χ0) is 13.2. The second-order valence-corrected chi connectivity index (χ2v) is 5.47. The van der Waals surface area contributed by atoms with Crippen LogP contribution < -0.4 is 0 Å². The molecule has 1 amide bonds. The maximum atomic E-state index is 12.1. The molecule has 0 saturated heterocycles. The van der Waals surface area contributed by atoms with Gasteiger partial charge in [0.15, 0.2) is 0 Å². The molecule has 1 aromatic heterocycles. The lowest BCUT2D eigenvalue weighted by atomic mass is 9.97. The summed E-state index contributed by atoms with van der Waals surface area (Å²) in [6.07, 6.45) is 5.82. The third-order valence-electron chi connectivity index (χ3n) is 3.89. The van der Waals surface area contributed by atoms with E-state index in [1.54, 1.807) is 11.9 Å². The first-order valence-corrected chi connectivity index (χ1v) is 6.57. The van der Waals surface area contributed by atoms with Crippen molar-refractivity contribution >= 4 is 5.91 Å². The molecule has 0 spiro atoms. The van der Waals surface area contributed by atoms with Crippen molar-refractivity contribution in [3.63, 3.8) is 0 Å². The van der Waals surface area contributed by atoms with E-state index < -0.39 is 5.60 Å². The number of hydrogen-bond donors (Lipinski definition) is 1. The van der Waals surface area contributed by atoms with Gasteiger partial charge in [0.25, 0.3) is 0 Å². The summed E-state index contributed by atoms with van der Waals surface area (Å²) in [5.41, 5.74) is 0.351. The predicted molar refractivity (Wildman–Crippen MR) is 69.9 cm³/mol. The highest BCUT2D eigenvalue weighted by molar-refractivity contribution is 5.77. The van der Waals surface area contributed by atoms with Crippen LogP contribution in [0.3, 0.4) is 0 Å². The van der Waals surface area contributed by atoms with Crippen LogP contribution in [0.2, 0.25) is 0 Å². The Labute approximate surface area is 108 Å². The maximum Gasteiger partial charge on any atom is 0.225 e. The summed E-state index contributed by atoms with van der Waals surface area (Å²) in [4.78, 5) is 13.8. The molecule has 0 bridgehead atoms. The Morgan fingerprint density at radius 3 is 2.72 bits per heavy atom. The third-order valence-corrected chi connectivity index (χ3v) is 3.89. The van der Waals surface area contributed by atoms with Crippen LogP contribution >= 0.6 is 0 Å². The van der Waals surface area contributed by atoms with E-state index in [9.17, 15) is 9.90 Å². The largest absolute Gasteiger partial charge is 0.389 e. The van der Waals surface area contributed by atoms with Crippen LogP contribution in [0.5, 0.6) is 0 Å². The summed E-state index contributed by atoms with van der Waals surface area (Å²) in [5, 5.41) is 10.2. The first kappa shape index (κ1) is 13.1. The van der Waals surface area contributed by atoms with Gasteiger partial charge >= 0.3 is 0 Å². The van der Waals surface area contributed by atoms with E-state index in [0.717, 1.165) is 31.4 Å². The lowest BCUT2D eigenvalue weighted by molar-refractivity contribution is -0.135. The molecule has 2 rings (SSSR count). The van der Waals surface area contributed by atoms with Crippen LogP contribution in [0.15, 0.2) is 18.3 Å². The van der Waals surface area contributed by atoms with Gasteiger partial charge in [0.05, 0.1) is 18.6 Å². The molecule has 1 N–H and O–H groups in total. The smallest absolute Gasteiger partial charge is 0.225 e. The molecule has 1 fully saturated rings. The molecule has 1 saturated carbocycles. The number of aryl methyl sites for hydroxylation is 1. The quantitative estimate of drug-likeness (QED) is 0.883. The molecule has 100 valence electrons. The molecular formula is C14H22N2O2. The molecule has 1 aromatic rings. The van der Waals surface area contributed by atoms with Gasteiger partial charge in [0, 0.05) is 26.0 Å². The maximum absolute atomic E-state index is 12.1. The average molecular weight is 250 g/mol. The van der Waals surface area contributed by atoms with Gasteiger partial charge in [-0.2, -0.15) is 0 Å². The van der Waals surface area contributed by atoms with Gasteiger partial charge in [-0.1, -0.05) is 12.8 Å². The zero-order valence-corrected chi connectivity index (χ0v) is 11.2. The van der Waals surface area contributed by atoms with Gasteiger partial charge in [-0.05, 0) is 25.0 Å². The summed E-state index contributed by atoms with van der Waals surface area (Å²) in [5.74, 6) is 0.0283. The summed E-state index contributed by atoms with van der Waals surface area (Å²) in [6.45, 7) is 0.596. The average Bonchev–Trinajstić information content (AvgIpc) is 2.89. The Balaban J connectivity index is 1.91. The monoisotopic (exact) mass is 250 g/mol. The second-order valence-electron chi connectivity index (χ2n) is 5.47. The van der Waals surface area contributed by atoms with Crippen molar-refractivity contribution < 1.29 is 9.90 Å². The van der Waals surface area contributed by atoms with Crippen LogP contribution in [0.1, 0.15) is 37.8 Å². The highest BCUT2D eigenvalue weighted by Gasteiger charge is 2.34. The predicted octanol–water partition coefficient (Wildman–Crippen LogP) is 1.68.